The highest BCUT2D eigenvalue weighted by molar-refractivity contribution is 5.94. The van der Waals surface area contributed by atoms with Gasteiger partial charge in [0.15, 0.2) is 0 Å². The summed E-state index contributed by atoms with van der Waals surface area (Å²) in [5.41, 5.74) is 0.897. The van der Waals surface area contributed by atoms with Gasteiger partial charge in [-0.1, -0.05) is 30.3 Å². The second kappa shape index (κ2) is 6.02. The second-order valence-corrected chi connectivity index (χ2v) is 7.04. The van der Waals surface area contributed by atoms with Gasteiger partial charge in [-0.05, 0) is 42.9 Å². The summed E-state index contributed by atoms with van der Waals surface area (Å²) < 4.78 is 0. The molecule has 0 bridgehead atoms. The molecule has 2 aromatic rings. The van der Waals surface area contributed by atoms with Crippen molar-refractivity contribution in [3.05, 3.63) is 66.0 Å². The fraction of sp³-hybridized carbons (Fsp3) is 0.400. The first kappa shape index (κ1) is 15.3. The molecule has 0 radical (unpaired) electrons. The third-order valence-electron chi connectivity index (χ3n) is 5.54. The number of aromatic nitrogens is 1. The molecule has 124 valence electrons. The van der Waals surface area contributed by atoms with Crippen LogP contribution >= 0.6 is 0 Å². The number of hydrogen-bond donors (Lipinski definition) is 1. The molecular formula is C20H22N2O2. The molecule has 1 aromatic carbocycles. The van der Waals surface area contributed by atoms with E-state index in [4.69, 9.17) is 0 Å². The van der Waals surface area contributed by atoms with E-state index in [1.165, 1.54) is 0 Å². The molecule has 1 amide bonds. The van der Waals surface area contributed by atoms with Crippen LogP contribution in [-0.4, -0.2) is 39.1 Å². The van der Waals surface area contributed by atoms with Crippen molar-refractivity contribution in [3.63, 3.8) is 0 Å². The van der Waals surface area contributed by atoms with Crippen molar-refractivity contribution in [1.82, 2.24) is 9.88 Å². The van der Waals surface area contributed by atoms with Crippen LogP contribution in [0.5, 0.6) is 0 Å². The van der Waals surface area contributed by atoms with E-state index in [0.29, 0.717) is 17.9 Å². The molecule has 2 aliphatic rings. The number of fused-ring (bicyclic) bond motifs is 1. The number of nitrogens with zero attached hydrogens (tertiary/aromatic N) is 2. The van der Waals surface area contributed by atoms with E-state index in [9.17, 15) is 9.90 Å². The van der Waals surface area contributed by atoms with Crippen molar-refractivity contribution >= 4 is 5.91 Å². The smallest absolute Gasteiger partial charge is 0.255 e. The van der Waals surface area contributed by atoms with Gasteiger partial charge in [0.2, 0.25) is 0 Å². The van der Waals surface area contributed by atoms with E-state index in [1.54, 1.807) is 24.5 Å². The Labute approximate surface area is 142 Å². The van der Waals surface area contributed by atoms with Crippen LogP contribution in [0.4, 0.5) is 0 Å². The number of amides is 1. The quantitative estimate of drug-likeness (QED) is 0.945. The molecule has 0 unspecified atom stereocenters. The highest BCUT2D eigenvalue weighted by atomic mass is 16.3. The molecule has 4 heteroatoms. The SMILES string of the molecule is O=C(c1cccnc1)N1CC[C@H]2CC[C@](O)(Cc3ccccc3)[C@H]21. The fourth-order valence-corrected chi connectivity index (χ4v) is 4.50. The zero-order chi connectivity index (χ0) is 16.6. The molecule has 1 aliphatic heterocycles. The topological polar surface area (TPSA) is 53.4 Å². The number of benzene rings is 1. The third kappa shape index (κ3) is 2.61. The molecule has 4 nitrogen and oxygen atoms in total. The van der Waals surface area contributed by atoms with Gasteiger partial charge in [0.25, 0.3) is 5.91 Å². The second-order valence-electron chi connectivity index (χ2n) is 7.04. The fourth-order valence-electron chi connectivity index (χ4n) is 4.50. The molecule has 0 spiro atoms. The molecule has 24 heavy (non-hydrogen) atoms. The summed E-state index contributed by atoms with van der Waals surface area (Å²) in [6.07, 6.45) is 6.62. The van der Waals surface area contributed by atoms with Crippen LogP contribution in [0.25, 0.3) is 0 Å². The minimum Gasteiger partial charge on any atom is -0.387 e. The summed E-state index contributed by atoms with van der Waals surface area (Å²) in [6, 6.07) is 13.6. The van der Waals surface area contributed by atoms with Crippen LogP contribution in [-0.2, 0) is 6.42 Å². The number of aliphatic hydroxyl groups is 1. The zero-order valence-electron chi connectivity index (χ0n) is 13.6. The first-order chi connectivity index (χ1) is 11.7. The highest BCUT2D eigenvalue weighted by Crippen LogP contribution is 2.46. The Morgan fingerprint density at radius 1 is 1.21 bits per heavy atom. The summed E-state index contributed by atoms with van der Waals surface area (Å²) in [5, 5.41) is 11.4. The van der Waals surface area contributed by atoms with Gasteiger partial charge in [0.1, 0.15) is 0 Å². The van der Waals surface area contributed by atoms with E-state index in [0.717, 1.165) is 31.4 Å². The Kier molecular flexibility index (Phi) is 3.85. The van der Waals surface area contributed by atoms with Crippen molar-refractivity contribution < 1.29 is 9.90 Å². The standard InChI is InChI=1S/C20H22N2O2/c23-19(17-7-4-11-21-14-17)22-12-9-16-8-10-20(24,18(16)22)13-15-5-2-1-3-6-15/h1-7,11,14,16,18,24H,8-10,12-13H2/t16-,18+,20+/m1/s1. The van der Waals surface area contributed by atoms with E-state index in [2.05, 4.69) is 4.98 Å². The van der Waals surface area contributed by atoms with Gasteiger partial charge in [0.05, 0.1) is 17.2 Å². The molecule has 1 aliphatic carbocycles. The minimum absolute atomic E-state index is 0.0102. The molecule has 2 fully saturated rings. The van der Waals surface area contributed by atoms with Crippen molar-refractivity contribution in [2.75, 3.05) is 6.54 Å². The molecule has 3 atom stereocenters. The Morgan fingerprint density at radius 2 is 2.04 bits per heavy atom. The number of likely N-dealkylation sites (tertiary alicyclic amines) is 1. The maximum atomic E-state index is 12.9. The first-order valence-corrected chi connectivity index (χ1v) is 8.65. The highest BCUT2D eigenvalue weighted by Gasteiger charge is 2.54. The van der Waals surface area contributed by atoms with E-state index < -0.39 is 5.60 Å². The molecule has 2 heterocycles. The van der Waals surface area contributed by atoms with Gasteiger partial charge < -0.3 is 10.0 Å². The molecular weight excluding hydrogens is 300 g/mol. The predicted octanol–water partition coefficient (Wildman–Crippen LogP) is 2.68. The van der Waals surface area contributed by atoms with Gasteiger partial charge in [-0.2, -0.15) is 0 Å². The lowest BCUT2D eigenvalue weighted by Gasteiger charge is -2.36. The lowest BCUT2D eigenvalue weighted by atomic mass is 9.87. The summed E-state index contributed by atoms with van der Waals surface area (Å²) in [6.45, 7) is 0.722. The largest absolute Gasteiger partial charge is 0.387 e. The maximum Gasteiger partial charge on any atom is 0.255 e. The van der Waals surface area contributed by atoms with Crippen molar-refractivity contribution in [1.29, 1.82) is 0 Å². The number of carbonyl (C=O) groups excluding carboxylic acids is 1. The van der Waals surface area contributed by atoms with Gasteiger partial charge in [-0.15, -0.1) is 0 Å². The lowest BCUT2D eigenvalue weighted by molar-refractivity contribution is -0.0160. The minimum atomic E-state index is -0.833. The number of carbonyl (C=O) groups is 1. The molecule has 1 saturated carbocycles. The van der Waals surface area contributed by atoms with Crippen LogP contribution in [0.15, 0.2) is 54.9 Å². The summed E-state index contributed by atoms with van der Waals surface area (Å²) in [7, 11) is 0. The van der Waals surface area contributed by atoms with Crippen molar-refractivity contribution in [2.45, 2.75) is 37.3 Å². The van der Waals surface area contributed by atoms with E-state index >= 15 is 0 Å². The average molecular weight is 322 g/mol. The van der Waals surface area contributed by atoms with Gasteiger partial charge >= 0.3 is 0 Å². The number of rotatable bonds is 3. The third-order valence-corrected chi connectivity index (χ3v) is 5.54. The summed E-state index contributed by atoms with van der Waals surface area (Å²) in [4.78, 5) is 18.8. The van der Waals surface area contributed by atoms with Crippen LogP contribution in [0.1, 0.15) is 35.2 Å². The van der Waals surface area contributed by atoms with Crippen molar-refractivity contribution in [3.8, 4) is 0 Å². The lowest BCUT2D eigenvalue weighted by Crippen LogP contribution is -2.51. The predicted molar refractivity (Wildman–Crippen MR) is 91.5 cm³/mol. The van der Waals surface area contributed by atoms with Crippen molar-refractivity contribution in [2.24, 2.45) is 5.92 Å². The van der Waals surface area contributed by atoms with Gasteiger partial charge in [-0.3, -0.25) is 9.78 Å². The number of pyridine rings is 1. The van der Waals surface area contributed by atoms with Crippen LogP contribution in [0.2, 0.25) is 0 Å². The normalized spacial score (nSPS) is 28.8. The van der Waals surface area contributed by atoms with Crippen LogP contribution in [0, 0.1) is 5.92 Å². The van der Waals surface area contributed by atoms with Crippen LogP contribution < -0.4 is 0 Å². The Morgan fingerprint density at radius 3 is 2.79 bits per heavy atom. The zero-order valence-corrected chi connectivity index (χ0v) is 13.6. The first-order valence-electron chi connectivity index (χ1n) is 8.65. The van der Waals surface area contributed by atoms with E-state index in [-0.39, 0.29) is 11.9 Å². The Hall–Kier alpha value is -2.20. The molecule has 1 N–H and O–H groups in total. The van der Waals surface area contributed by atoms with Gasteiger partial charge in [0, 0.05) is 25.4 Å². The molecule has 4 rings (SSSR count). The molecule has 1 aromatic heterocycles. The number of hydrogen-bond acceptors (Lipinski definition) is 3. The molecule has 1 saturated heterocycles. The summed E-state index contributed by atoms with van der Waals surface area (Å²) >= 11 is 0. The Bertz CT molecular complexity index is 719. The summed E-state index contributed by atoms with van der Waals surface area (Å²) in [5.74, 6) is 0.392. The van der Waals surface area contributed by atoms with Gasteiger partial charge in [-0.25, -0.2) is 0 Å². The maximum absolute atomic E-state index is 12.9. The van der Waals surface area contributed by atoms with Crippen LogP contribution in [0.3, 0.4) is 0 Å². The monoisotopic (exact) mass is 322 g/mol. The Balaban J connectivity index is 1.60. The van der Waals surface area contributed by atoms with E-state index in [1.807, 2.05) is 35.2 Å². The average Bonchev–Trinajstić information content (AvgIpc) is 3.18.